The summed E-state index contributed by atoms with van der Waals surface area (Å²) in [5.41, 5.74) is 2.37. The van der Waals surface area contributed by atoms with Crippen LogP contribution in [0.1, 0.15) is 115 Å². The molecule has 7 atom stereocenters. The summed E-state index contributed by atoms with van der Waals surface area (Å²) in [6, 6.07) is 10.2. The number of carboxylic acids is 1. The first-order valence-corrected chi connectivity index (χ1v) is 29.1. The molecule has 1 aromatic carbocycles. The van der Waals surface area contributed by atoms with Crippen molar-refractivity contribution in [2.75, 3.05) is 27.9 Å². The van der Waals surface area contributed by atoms with Crippen LogP contribution in [0.25, 0.3) is 0 Å². The molecular formula is C44H86O9Si3. The number of benzene rings is 1. The van der Waals surface area contributed by atoms with Crippen molar-refractivity contribution in [2.24, 2.45) is 11.8 Å². The minimum atomic E-state index is -2.34. The van der Waals surface area contributed by atoms with E-state index in [1.807, 2.05) is 24.3 Å². The van der Waals surface area contributed by atoms with Gasteiger partial charge in [0, 0.05) is 20.8 Å². The van der Waals surface area contributed by atoms with Crippen molar-refractivity contribution in [1.29, 1.82) is 0 Å². The number of aliphatic carboxylic acids is 1. The van der Waals surface area contributed by atoms with E-state index in [1.165, 1.54) is 0 Å². The summed E-state index contributed by atoms with van der Waals surface area (Å²) in [7, 11) is -1.54. The zero-order chi connectivity index (χ0) is 43.2. The Morgan fingerprint density at radius 3 is 1.61 bits per heavy atom. The molecule has 0 bridgehead atoms. The van der Waals surface area contributed by atoms with Crippen LogP contribution in [0, 0.1) is 11.8 Å². The standard InChI is InChI=1S/C44H86O9Si3/c1-20-55(21-2,22-3)53-40(42(43(45)46)50-30-36-23-25-37(47-15)26-24-36)35(11)28-39(49-17)41(52-54(18,19)44(12,13)14)38(48-16)27-34(10)29-51-56(31(4)5,32(6)7)33(8)9/h23-26,31-35,38-42H,20-22,27-30H2,1-19H3,(H,45,46). The Bertz CT molecular complexity index is 1220. The number of hydrogen-bond donors (Lipinski definition) is 1. The molecule has 0 aliphatic carbocycles. The van der Waals surface area contributed by atoms with E-state index in [2.05, 4.69) is 110 Å². The van der Waals surface area contributed by atoms with Crippen molar-refractivity contribution in [2.45, 2.75) is 200 Å². The van der Waals surface area contributed by atoms with Gasteiger partial charge >= 0.3 is 5.97 Å². The third-order valence-corrected chi connectivity index (χ3v) is 28.3. The van der Waals surface area contributed by atoms with Crippen LogP contribution in [-0.4, -0.2) is 94.5 Å². The second kappa shape index (κ2) is 23.6. The lowest BCUT2D eigenvalue weighted by molar-refractivity contribution is -0.163. The van der Waals surface area contributed by atoms with E-state index in [9.17, 15) is 9.90 Å². The molecule has 0 aliphatic rings. The van der Waals surface area contributed by atoms with E-state index in [4.69, 9.17) is 32.2 Å². The van der Waals surface area contributed by atoms with Crippen LogP contribution >= 0.6 is 0 Å². The van der Waals surface area contributed by atoms with Crippen LogP contribution < -0.4 is 4.74 Å². The van der Waals surface area contributed by atoms with Crippen LogP contribution in [0.3, 0.4) is 0 Å². The monoisotopic (exact) mass is 843 g/mol. The lowest BCUT2D eigenvalue weighted by Gasteiger charge is -2.45. The largest absolute Gasteiger partial charge is 0.497 e. The molecule has 0 amide bonds. The highest BCUT2D eigenvalue weighted by Crippen LogP contribution is 2.43. The Hall–Kier alpha value is -1.10. The normalized spacial score (nSPS) is 17.2. The molecule has 328 valence electrons. The van der Waals surface area contributed by atoms with Gasteiger partial charge in [0.2, 0.25) is 0 Å². The number of carboxylic acid groups (broad SMARTS) is 1. The third-order valence-electron chi connectivity index (χ3n) is 13.1. The maximum absolute atomic E-state index is 13.2. The van der Waals surface area contributed by atoms with Gasteiger partial charge in [0.15, 0.2) is 31.1 Å². The van der Waals surface area contributed by atoms with Crippen molar-refractivity contribution in [3.8, 4) is 5.75 Å². The Labute approximate surface area is 347 Å². The molecule has 0 aromatic heterocycles. The van der Waals surface area contributed by atoms with E-state index in [0.29, 0.717) is 29.7 Å². The van der Waals surface area contributed by atoms with Gasteiger partial charge in [0.25, 0.3) is 0 Å². The van der Waals surface area contributed by atoms with Crippen molar-refractivity contribution < 1.29 is 42.1 Å². The maximum atomic E-state index is 13.2. The number of hydrogen-bond acceptors (Lipinski definition) is 8. The van der Waals surface area contributed by atoms with Gasteiger partial charge in [0.05, 0.1) is 38.1 Å². The van der Waals surface area contributed by atoms with Gasteiger partial charge in [-0.25, -0.2) is 4.79 Å². The fraction of sp³-hybridized carbons (Fsp3) is 0.841. The highest BCUT2D eigenvalue weighted by atomic mass is 28.4. The fourth-order valence-electron chi connectivity index (χ4n) is 8.37. The van der Waals surface area contributed by atoms with Gasteiger partial charge in [-0.3, -0.25) is 0 Å². The molecule has 1 rings (SSSR count). The second-order valence-electron chi connectivity index (χ2n) is 18.8. The van der Waals surface area contributed by atoms with E-state index in [-0.39, 0.29) is 29.6 Å². The Balaban J connectivity index is 3.66. The van der Waals surface area contributed by atoms with Gasteiger partial charge < -0.3 is 37.3 Å². The maximum Gasteiger partial charge on any atom is 0.335 e. The predicted molar refractivity (Wildman–Crippen MR) is 240 cm³/mol. The average molecular weight is 843 g/mol. The molecule has 0 saturated heterocycles. The lowest BCUT2D eigenvalue weighted by atomic mass is 9.88. The summed E-state index contributed by atoms with van der Waals surface area (Å²) >= 11 is 0. The molecule has 0 spiro atoms. The molecule has 7 unspecified atom stereocenters. The van der Waals surface area contributed by atoms with Crippen LogP contribution in [0.2, 0.25) is 52.9 Å². The zero-order valence-electron chi connectivity index (χ0n) is 39.2. The summed E-state index contributed by atoms with van der Waals surface area (Å²) in [5.74, 6) is -0.326. The lowest BCUT2D eigenvalue weighted by Crippen LogP contribution is -2.54. The second-order valence-corrected chi connectivity index (χ2v) is 33.8. The molecule has 56 heavy (non-hydrogen) atoms. The molecule has 0 saturated carbocycles. The van der Waals surface area contributed by atoms with Crippen LogP contribution in [0.5, 0.6) is 5.75 Å². The van der Waals surface area contributed by atoms with Crippen molar-refractivity contribution in [3.63, 3.8) is 0 Å². The smallest absolute Gasteiger partial charge is 0.335 e. The molecule has 1 aromatic rings. The van der Waals surface area contributed by atoms with Crippen LogP contribution in [-0.2, 0) is 38.9 Å². The first kappa shape index (κ1) is 52.9. The van der Waals surface area contributed by atoms with E-state index >= 15 is 0 Å². The fourth-order valence-corrected chi connectivity index (χ4v) is 18.2. The summed E-state index contributed by atoms with van der Waals surface area (Å²) in [6.45, 7) is 36.9. The van der Waals surface area contributed by atoms with Crippen molar-refractivity contribution >= 4 is 30.9 Å². The molecule has 0 aliphatic heterocycles. The van der Waals surface area contributed by atoms with Crippen molar-refractivity contribution in [1.82, 2.24) is 0 Å². The number of carbonyl (C=O) groups is 1. The number of ether oxygens (including phenoxy) is 4. The third kappa shape index (κ3) is 14.3. The quantitative estimate of drug-likeness (QED) is 0.0826. The van der Waals surface area contributed by atoms with E-state index < -0.39 is 55.3 Å². The molecular weight excluding hydrogens is 757 g/mol. The van der Waals surface area contributed by atoms with Gasteiger partial charge in [-0.15, -0.1) is 0 Å². The molecule has 12 heteroatoms. The molecule has 9 nitrogen and oxygen atoms in total. The van der Waals surface area contributed by atoms with Crippen LogP contribution in [0.15, 0.2) is 24.3 Å². The molecule has 1 N–H and O–H groups in total. The summed E-state index contributed by atoms with van der Waals surface area (Å²) in [4.78, 5) is 13.2. The van der Waals surface area contributed by atoms with Gasteiger partial charge in [0.1, 0.15) is 5.75 Å². The predicted octanol–water partition coefficient (Wildman–Crippen LogP) is 11.7. The Morgan fingerprint density at radius 1 is 0.732 bits per heavy atom. The Kier molecular flexibility index (Phi) is 22.3. The van der Waals surface area contributed by atoms with E-state index in [1.54, 1.807) is 21.3 Å². The summed E-state index contributed by atoms with van der Waals surface area (Å²) in [6.07, 6.45) is -1.69. The van der Waals surface area contributed by atoms with Crippen molar-refractivity contribution in [3.05, 3.63) is 29.8 Å². The summed E-state index contributed by atoms with van der Waals surface area (Å²) < 4.78 is 45.9. The van der Waals surface area contributed by atoms with Gasteiger partial charge in [-0.2, -0.15) is 0 Å². The number of methoxy groups -OCH3 is 3. The average Bonchev–Trinajstić information content (AvgIpc) is 3.13. The first-order chi connectivity index (χ1) is 26.0. The first-order valence-electron chi connectivity index (χ1n) is 21.5. The highest BCUT2D eigenvalue weighted by molar-refractivity contribution is 6.77. The molecule has 0 fully saturated rings. The highest BCUT2D eigenvalue weighted by Gasteiger charge is 2.48. The Morgan fingerprint density at radius 2 is 1.21 bits per heavy atom. The minimum Gasteiger partial charge on any atom is -0.497 e. The van der Waals surface area contributed by atoms with Crippen LogP contribution in [0.4, 0.5) is 0 Å². The van der Waals surface area contributed by atoms with Gasteiger partial charge in [-0.05, 0) is 95.3 Å². The summed E-state index contributed by atoms with van der Waals surface area (Å²) in [5, 5.41) is 10.7. The zero-order valence-corrected chi connectivity index (χ0v) is 42.2. The van der Waals surface area contributed by atoms with E-state index in [0.717, 1.165) is 35.9 Å². The number of rotatable bonds is 28. The molecule has 0 heterocycles. The minimum absolute atomic E-state index is 0.0525. The SMILES string of the molecule is CC[Si](CC)(CC)OC(C(C)CC(OC)C(O[Si](C)(C)C(C)(C)C)C(CC(C)CO[Si](C(C)C)(C(C)C)C(C)C)OC)C(OCc1ccc(OC)cc1)C(=O)O. The topological polar surface area (TPSA) is 102 Å². The molecule has 0 radical (unpaired) electrons. The van der Waals surface area contributed by atoms with Gasteiger partial charge in [-0.1, -0.05) is 109 Å².